The van der Waals surface area contributed by atoms with Crippen molar-refractivity contribution in [3.8, 4) is 5.75 Å². The van der Waals surface area contributed by atoms with Gasteiger partial charge in [-0.25, -0.2) is 0 Å². The van der Waals surface area contributed by atoms with Gasteiger partial charge in [0.25, 0.3) is 0 Å². The molecule has 1 aliphatic rings. The van der Waals surface area contributed by atoms with Crippen molar-refractivity contribution in [3.63, 3.8) is 0 Å². The summed E-state index contributed by atoms with van der Waals surface area (Å²) >= 11 is 13.1. The summed E-state index contributed by atoms with van der Waals surface area (Å²) in [6.45, 7) is 5.20. The van der Waals surface area contributed by atoms with Crippen LogP contribution in [0.2, 0.25) is 10.0 Å². The van der Waals surface area contributed by atoms with Gasteiger partial charge in [-0.05, 0) is 67.5 Å². The van der Waals surface area contributed by atoms with Gasteiger partial charge >= 0.3 is 0 Å². The maximum absolute atomic E-state index is 12.7. The van der Waals surface area contributed by atoms with Gasteiger partial charge in [-0.1, -0.05) is 23.2 Å². The summed E-state index contributed by atoms with van der Waals surface area (Å²) < 4.78 is 5.11. The van der Waals surface area contributed by atoms with E-state index in [1.54, 1.807) is 13.3 Å². The van der Waals surface area contributed by atoms with Gasteiger partial charge in [-0.15, -0.1) is 0 Å². The number of hydrogen-bond donors (Lipinski definition) is 0. The lowest BCUT2D eigenvalue weighted by Crippen LogP contribution is -2.36. The van der Waals surface area contributed by atoms with Crippen molar-refractivity contribution < 1.29 is 9.53 Å². The molecule has 27 heavy (non-hydrogen) atoms. The molecule has 2 aromatic rings. The third kappa shape index (κ3) is 4.22. The number of hydrogen-bond acceptors (Lipinski definition) is 3. The topological polar surface area (TPSA) is 42.4 Å². The van der Waals surface area contributed by atoms with Gasteiger partial charge < -0.3 is 9.64 Å². The molecular weight excluding hydrogens is 383 g/mol. The van der Waals surface area contributed by atoms with E-state index in [2.05, 4.69) is 4.98 Å². The van der Waals surface area contributed by atoms with Gasteiger partial charge in [-0.2, -0.15) is 0 Å². The Hall–Kier alpha value is -1.78. The van der Waals surface area contributed by atoms with E-state index in [4.69, 9.17) is 27.9 Å². The molecule has 0 N–H and O–H groups in total. The number of ether oxygens (including phenoxy) is 1. The lowest BCUT2D eigenvalue weighted by molar-refractivity contribution is -0.132. The second-order valence-corrected chi connectivity index (χ2v) is 7.70. The van der Waals surface area contributed by atoms with Crippen LogP contribution in [0.1, 0.15) is 40.8 Å². The van der Waals surface area contributed by atoms with E-state index in [0.717, 1.165) is 63.0 Å². The van der Waals surface area contributed by atoms with Crippen LogP contribution in [0.4, 0.5) is 0 Å². The van der Waals surface area contributed by atoms with E-state index < -0.39 is 0 Å². The van der Waals surface area contributed by atoms with Crippen LogP contribution in [0.3, 0.4) is 0 Å². The molecule has 0 bridgehead atoms. The van der Waals surface area contributed by atoms with Crippen LogP contribution in [-0.2, 0) is 24.2 Å². The maximum Gasteiger partial charge on any atom is 0.222 e. The van der Waals surface area contributed by atoms with Gasteiger partial charge in [0.2, 0.25) is 5.91 Å². The first-order valence-corrected chi connectivity index (χ1v) is 9.90. The molecule has 1 aliphatic heterocycles. The summed E-state index contributed by atoms with van der Waals surface area (Å²) in [5.74, 6) is 0.891. The average molecular weight is 407 g/mol. The van der Waals surface area contributed by atoms with Crippen LogP contribution in [0.5, 0.6) is 5.75 Å². The first-order valence-electron chi connectivity index (χ1n) is 9.15. The summed E-state index contributed by atoms with van der Waals surface area (Å²) in [5.41, 5.74) is 5.10. The predicted molar refractivity (Wildman–Crippen MR) is 109 cm³/mol. The molecule has 0 saturated carbocycles. The zero-order chi connectivity index (χ0) is 19.6. The van der Waals surface area contributed by atoms with E-state index in [9.17, 15) is 4.79 Å². The summed E-state index contributed by atoms with van der Waals surface area (Å²) in [4.78, 5) is 18.9. The SMILES string of the molecule is COc1ccc(CCCC(=O)N2CCc3c(Cl)c(C)c(C)c(Cl)c3C2)nc1. The number of rotatable bonds is 5. The van der Waals surface area contributed by atoms with Crippen molar-refractivity contribution in [1.29, 1.82) is 0 Å². The Labute approximate surface area is 170 Å². The van der Waals surface area contributed by atoms with Gasteiger partial charge in [0, 0.05) is 35.2 Å². The quantitative estimate of drug-likeness (QED) is 0.707. The fourth-order valence-corrected chi connectivity index (χ4v) is 4.13. The first kappa shape index (κ1) is 20.0. The molecule has 0 fully saturated rings. The van der Waals surface area contributed by atoms with Crippen molar-refractivity contribution in [3.05, 3.63) is 56.3 Å². The molecular formula is C21H24Cl2N2O2. The number of methoxy groups -OCH3 is 1. The van der Waals surface area contributed by atoms with Crippen LogP contribution in [0, 0.1) is 13.8 Å². The van der Waals surface area contributed by atoms with E-state index >= 15 is 0 Å². The highest BCUT2D eigenvalue weighted by molar-refractivity contribution is 6.35. The minimum Gasteiger partial charge on any atom is -0.495 e. The van der Waals surface area contributed by atoms with E-state index in [-0.39, 0.29) is 5.91 Å². The molecule has 1 aromatic heterocycles. The minimum absolute atomic E-state index is 0.152. The first-order chi connectivity index (χ1) is 12.9. The number of carbonyl (C=O) groups excluding carboxylic acids is 1. The van der Waals surface area contributed by atoms with Crippen molar-refractivity contribution in [1.82, 2.24) is 9.88 Å². The molecule has 0 atom stereocenters. The normalized spacial score (nSPS) is 13.4. The van der Waals surface area contributed by atoms with Crippen LogP contribution in [-0.4, -0.2) is 29.4 Å². The fourth-order valence-electron chi connectivity index (χ4n) is 3.46. The molecule has 3 rings (SSSR count). The fraction of sp³-hybridized carbons (Fsp3) is 0.429. The number of benzene rings is 1. The monoisotopic (exact) mass is 406 g/mol. The van der Waals surface area contributed by atoms with E-state index in [1.807, 2.05) is 30.9 Å². The molecule has 144 valence electrons. The number of nitrogens with zero attached hydrogens (tertiary/aromatic N) is 2. The summed E-state index contributed by atoms with van der Waals surface area (Å²) in [6, 6.07) is 3.83. The zero-order valence-electron chi connectivity index (χ0n) is 15.9. The number of fused-ring (bicyclic) bond motifs is 1. The Bertz CT molecular complexity index is 850. The van der Waals surface area contributed by atoms with Crippen molar-refractivity contribution >= 4 is 29.1 Å². The van der Waals surface area contributed by atoms with Gasteiger partial charge in [0.05, 0.1) is 13.3 Å². The van der Waals surface area contributed by atoms with Crippen LogP contribution >= 0.6 is 23.2 Å². The molecule has 2 heterocycles. The predicted octanol–water partition coefficient (Wildman–Crippen LogP) is 4.92. The third-order valence-corrected chi connectivity index (χ3v) is 6.33. The molecule has 6 heteroatoms. The van der Waals surface area contributed by atoms with Crippen LogP contribution in [0.25, 0.3) is 0 Å². The Morgan fingerprint density at radius 1 is 1.19 bits per heavy atom. The maximum atomic E-state index is 12.7. The Morgan fingerprint density at radius 3 is 2.52 bits per heavy atom. The average Bonchev–Trinajstić information content (AvgIpc) is 2.70. The highest BCUT2D eigenvalue weighted by Gasteiger charge is 2.26. The molecule has 0 unspecified atom stereocenters. The third-order valence-electron chi connectivity index (χ3n) is 5.31. The Morgan fingerprint density at radius 2 is 1.89 bits per heavy atom. The number of pyridine rings is 1. The Balaban J connectivity index is 1.60. The van der Waals surface area contributed by atoms with E-state index in [0.29, 0.717) is 19.5 Å². The molecule has 0 saturated heterocycles. The summed E-state index contributed by atoms with van der Waals surface area (Å²) in [5, 5.41) is 1.54. The molecule has 1 amide bonds. The van der Waals surface area contributed by atoms with Gasteiger partial charge in [0.15, 0.2) is 0 Å². The van der Waals surface area contributed by atoms with Crippen molar-refractivity contribution in [2.24, 2.45) is 0 Å². The second-order valence-electron chi connectivity index (χ2n) is 6.94. The number of halogens is 2. The van der Waals surface area contributed by atoms with Gasteiger partial charge in [-0.3, -0.25) is 9.78 Å². The highest BCUT2D eigenvalue weighted by Crippen LogP contribution is 2.37. The lowest BCUT2D eigenvalue weighted by Gasteiger charge is -2.31. The smallest absolute Gasteiger partial charge is 0.222 e. The number of aromatic nitrogens is 1. The molecule has 1 aromatic carbocycles. The molecule has 0 spiro atoms. The number of carbonyl (C=O) groups is 1. The molecule has 4 nitrogen and oxygen atoms in total. The lowest BCUT2D eigenvalue weighted by atomic mass is 9.94. The van der Waals surface area contributed by atoms with E-state index in [1.165, 1.54) is 0 Å². The van der Waals surface area contributed by atoms with Crippen LogP contribution in [0.15, 0.2) is 18.3 Å². The minimum atomic E-state index is 0.152. The largest absolute Gasteiger partial charge is 0.495 e. The Kier molecular flexibility index (Phi) is 6.28. The van der Waals surface area contributed by atoms with Crippen LogP contribution < -0.4 is 4.74 Å². The molecule has 0 aliphatic carbocycles. The summed E-state index contributed by atoms with van der Waals surface area (Å²) in [7, 11) is 1.62. The number of amides is 1. The molecule has 0 radical (unpaired) electrons. The van der Waals surface area contributed by atoms with Crippen molar-refractivity contribution in [2.45, 2.75) is 46.1 Å². The second kappa shape index (κ2) is 8.49. The summed E-state index contributed by atoms with van der Waals surface area (Å²) in [6.07, 6.45) is 4.49. The number of aryl methyl sites for hydroxylation is 1. The zero-order valence-corrected chi connectivity index (χ0v) is 17.5. The standard InChI is InChI=1S/C21H24Cl2N2O2/c1-13-14(2)21(23)18-12-25(10-9-17(18)20(13)22)19(26)6-4-5-15-7-8-16(27-3)11-24-15/h7-8,11H,4-6,9-10,12H2,1-3H3. The van der Waals surface area contributed by atoms with Gasteiger partial charge in [0.1, 0.15) is 5.75 Å². The van der Waals surface area contributed by atoms with Crippen molar-refractivity contribution in [2.75, 3.05) is 13.7 Å². The highest BCUT2D eigenvalue weighted by atomic mass is 35.5.